The van der Waals surface area contributed by atoms with E-state index in [1.165, 1.54) is 4.68 Å². The third kappa shape index (κ3) is 4.71. The van der Waals surface area contributed by atoms with Crippen molar-refractivity contribution in [2.75, 3.05) is 19.0 Å². The van der Waals surface area contributed by atoms with Crippen LogP contribution in [0.25, 0.3) is 10.9 Å². The highest BCUT2D eigenvalue weighted by molar-refractivity contribution is 5.83. The van der Waals surface area contributed by atoms with Crippen LogP contribution in [-0.2, 0) is 17.8 Å². The summed E-state index contributed by atoms with van der Waals surface area (Å²) >= 11 is 0. The molecule has 0 aliphatic rings. The van der Waals surface area contributed by atoms with E-state index < -0.39 is 0 Å². The molecule has 0 aliphatic heterocycles. The fraction of sp³-hybridized carbons (Fsp3) is 0.318. The molecule has 2 N–H and O–H groups in total. The maximum Gasteiger partial charge on any atom is 0.242 e. The third-order valence-corrected chi connectivity index (χ3v) is 5.05. The molecule has 9 heteroatoms. The largest absolute Gasteiger partial charge is 0.363 e. The minimum atomic E-state index is -0.322. The van der Waals surface area contributed by atoms with Gasteiger partial charge in [0, 0.05) is 49.9 Å². The number of carbonyl (C=O) groups is 1. The first kappa shape index (κ1) is 20.5. The Morgan fingerprint density at radius 2 is 2.03 bits per heavy atom. The molecular formula is C22H26N8O. The van der Waals surface area contributed by atoms with Crippen LogP contribution in [0.4, 0.5) is 5.82 Å². The van der Waals surface area contributed by atoms with E-state index in [1.54, 1.807) is 6.20 Å². The Kier molecular flexibility index (Phi) is 5.66. The van der Waals surface area contributed by atoms with Gasteiger partial charge in [-0.25, -0.2) is 14.6 Å². The van der Waals surface area contributed by atoms with Gasteiger partial charge in [0.2, 0.25) is 5.91 Å². The van der Waals surface area contributed by atoms with Crippen LogP contribution in [0.5, 0.6) is 0 Å². The minimum Gasteiger partial charge on any atom is -0.363 e. The van der Waals surface area contributed by atoms with E-state index in [2.05, 4.69) is 36.6 Å². The van der Waals surface area contributed by atoms with Crippen molar-refractivity contribution < 1.29 is 4.79 Å². The highest BCUT2D eigenvalue weighted by Gasteiger charge is 2.21. The quantitative estimate of drug-likeness (QED) is 0.477. The van der Waals surface area contributed by atoms with Crippen molar-refractivity contribution in [2.45, 2.75) is 32.9 Å². The maximum atomic E-state index is 12.8. The van der Waals surface area contributed by atoms with E-state index in [-0.39, 0.29) is 18.5 Å². The van der Waals surface area contributed by atoms with Gasteiger partial charge in [0.1, 0.15) is 18.2 Å². The summed E-state index contributed by atoms with van der Waals surface area (Å²) in [6.45, 7) is 3.79. The Morgan fingerprint density at radius 1 is 1.23 bits per heavy atom. The highest BCUT2D eigenvalue weighted by atomic mass is 16.2. The lowest BCUT2D eigenvalue weighted by molar-refractivity contribution is -0.122. The summed E-state index contributed by atoms with van der Waals surface area (Å²) in [4.78, 5) is 27.2. The van der Waals surface area contributed by atoms with Gasteiger partial charge in [-0.15, -0.1) is 5.10 Å². The molecule has 1 amide bonds. The van der Waals surface area contributed by atoms with Crippen LogP contribution >= 0.6 is 0 Å². The Hall–Kier alpha value is -3.75. The van der Waals surface area contributed by atoms with Crippen LogP contribution in [0.3, 0.4) is 0 Å². The molecule has 0 saturated heterocycles. The molecule has 0 unspecified atom stereocenters. The first-order valence-corrected chi connectivity index (χ1v) is 10.1. The van der Waals surface area contributed by atoms with E-state index in [4.69, 9.17) is 0 Å². The molecule has 4 rings (SSSR count). The predicted octanol–water partition coefficient (Wildman–Crippen LogP) is 2.33. The molecule has 0 radical (unpaired) electrons. The van der Waals surface area contributed by atoms with Gasteiger partial charge in [-0.2, -0.15) is 0 Å². The molecular weight excluding hydrogens is 392 g/mol. The number of benzene rings is 1. The Morgan fingerprint density at radius 3 is 2.77 bits per heavy atom. The molecule has 31 heavy (non-hydrogen) atoms. The van der Waals surface area contributed by atoms with Crippen molar-refractivity contribution in [1.29, 1.82) is 0 Å². The van der Waals surface area contributed by atoms with Crippen molar-refractivity contribution >= 4 is 22.6 Å². The van der Waals surface area contributed by atoms with Crippen molar-refractivity contribution in [2.24, 2.45) is 0 Å². The number of aromatic nitrogens is 6. The topological polar surface area (TPSA) is 105 Å². The van der Waals surface area contributed by atoms with Crippen molar-refractivity contribution in [3.05, 3.63) is 65.5 Å². The van der Waals surface area contributed by atoms with Gasteiger partial charge in [-0.3, -0.25) is 4.79 Å². The number of H-pyrrole nitrogens is 1. The second-order valence-electron chi connectivity index (χ2n) is 7.83. The molecule has 3 aromatic heterocycles. The summed E-state index contributed by atoms with van der Waals surface area (Å²) in [5.74, 6) is 1.30. The number of amides is 1. The van der Waals surface area contributed by atoms with Gasteiger partial charge in [-0.1, -0.05) is 23.4 Å². The maximum absolute atomic E-state index is 12.8. The summed E-state index contributed by atoms with van der Waals surface area (Å²) in [5, 5.41) is 12.2. The molecule has 4 aromatic rings. The first-order valence-electron chi connectivity index (χ1n) is 10.1. The van der Waals surface area contributed by atoms with Crippen LogP contribution in [0, 0.1) is 13.8 Å². The second kappa shape index (κ2) is 8.55. The zero-order valence-electron chi connectivity index (χ0n) is 18.1. The Labute approximate surface area is 180 Å². The molecule has 3 heterocycles. The standard InChI is InChI=1S/C22H26N8O/c1-14-12-30(28-27-14)13-22(31)26-19(20-10-21(29(3)4)25-15(2)24-20)9-16-11-23-18-8-6-5-7-17(16)18/h5-8,10-12,19,23H,9,13H2,1-4H3,(H,26,31)/t19-/m0/s1. The molecule has 0 aliphatic carbocycles. The molecule has 1 aromatic carbocycles. The number of carbonyl (C=O) groups excluding carboxylic acids is 1. The second-order valence-corrected chi connectivity index (χ2v) is 7.83. The lowest BCUT2D eigenvalue weighted by Gasteiger charge is -2.21. The summed E-state index contributed by atoms with van der Waals surface area (Å²) in [6.07, 6.45) is 4.33. The number of rotatable bonds is 7. The number of para-hydroxylation sites is 1. The van der Waals surface area contributed by atoms with Crippen LogP contribution in [0.1, 0.15) is 28.8 Å². The number of hydrogen-bond acceptors (Lipinski definition) is 6. The molecule has 0 bridgehead atoms. The minimum absolute atomic E-state index is 0.0931. The van der Waals surface area contributed by atoms with Crippen LogP contribution in [-0.4, -0.2) is 49.9 Å². The highest BCUT2D eigenvalue weighted by Crippen LogP contribution is 2.25. The van der Waals surface area contributed by atoms with Gasteiger partial charge in [0.25, 0.3) is 0 Å². The number of anilines is 1. The van der Waals surface area contributed by atoms with E-state index in [9.17, 15) is 4.79 Å². The average Bonchev–Trinajstić information content (AvgIpc) is 3.33. The number of aryl methyl sites for hydroxylation is 2. The Balaban J connectivity index is 1.65. The van der Waals surface area contributed by atoms with E-state index in [1.807, 2.05) is 63.3 Å². The van der Waals surface area contributed by atoms with Gasteiger partial charge >= 0.3 is 0 Å². The monoisotopic (exact) mass is 418 g/mol. The van der Waals surface area contributed by atoms with Gasteiger partial charge in [0.05, 0.1) is 17.4 Å². The van der Waals surface area contributed by atoms with Gasteiger partial charge < -0.3 is 15.2 Å². The van der Waals surface area contributed by atoms with Gasteiger partial charge in [-0.05, 0) is 25.5 Å². The SMILES string of the molecule is Cc1cn(CC(=O)N[C@@H](Cc2c[nH]c3ccccc23)c2cc(N(C)C)nc(C)n2)nn1. The smallest absolute Gasteiger partial charge is 0.242 e. The normalized spacial score (nSPS) is 12.1. The number of aromatic amines is 1. The first-order chi connectivity index (χ1) is 14.9. The van der Waals surface area contributed by atoms with E-state index in [0.717, 1.165) is 33.7 Å². The summed E-state index contributed by atoms with van der Waals surface area (Å²) in [7, 11) is 3.87. The van der Waals surface area contributed by atoms with Crippen molar-refractivity contribution in [3.63, 3.8) is 0 Å². The third-order valence-electron chi connectivity index (χ3n) is 5.05. The number of hydrogen-bond donors (Lipinski definition) is 2. The number of nitrogens with one attached hydrogen (secondary N) is 2. The fourth-order valence-electron chi connectivity index (χ4n) is 3.59. The van der Waals surface area contributed by atoms with E-state index >= 15 is 0 Å². The lowest BCUT2D eigenvalue weighted by Crippen LogP contribution is -2.33. The Bertz CT molecular complexity index is 1210. The zero-order chi connectivity index (χ0) is 22.0. The molecule has 0 fully saturated rings. The molecule has 0 saturated carbocycles. The summed E-state index contributed by atoms with van der Waals surface area (Å²) in [6, 6.07) is 9.73. The number of fused-ring (bicyclic) bond motifs is 1. The van der Waals surface area contributed by atoms with E-state index in [0.29, 0.717) is 12.2 Å². The van der Waals surface area contributed by atoms with Crippen LogP contribution < -0.4 is 10.2 Å². The molecule has 1 atom stereocenters. The fourth-order valence-corrected chi connectivity index (χ4v) is 3.59. The zero-order valence-corrected chi connectivity index (χ0v) is 18.1. The summed E-state index contributed by atoms with van der Waals surface area (Å²) in [5.41, 5.74) is 3.71. The number of nitrogens with zero attached hydrogens (tertiary/aromatic N) is 6. The van der Waals surface area contributed by atoms with Crippen LogP contribution in [0.15, 0.2) is 42.7 Å². The van der Waals surface area contributed by atoms with Crippen molar-refractivity contribution in [3.8, 4) is 0 Å². The van der Waals surface area contributed by atoms with Gasteiger partial charge in [0.15, 0.2) is 0 Å². The predicted molar refractivity (Wildman–Crippen MR) is 119 cm³/mol. The molecule has 9 nitrogen and oxygen atoms in total. The van der Waals surface area contributed by atoms with Crippen LogP contribution in [0.2, 0.25) is 0 Å². The molecule has 160 valence electrons. The lowest BCUT2D eigenvalue weighted by atomic mass is 10.0. The molecule has 0 spiro atoms. The summed E-state index contributed by atoms with van der Waals surface area (Å²) < 4.78 is 1.53. The van der Waals surface area contributed by atoms with Crippen molar-refractivity contribution in [1.82, 2.24) is 35.3 Å². The average molecular weight is 419 g/mol.